The van der Waals surface area contributed by atoms with Gasteiger partial charge in [-0.1, -0.05) is 109 Å². The van der Waals surface area contributed by atoms with Crippen molar-refractivity contribution in [3.8, 4) is 0 Å². The van der Waals surface area contributed by atoms with Crippen molar-refractivity contribution < 1.29 is 0 Å². The van der Waals surface area contributed by atoms with Crippen molar-refractivity contribution in [3.63, 3.8) is 0 Å². The van der Waals surface area contributed by atoms with Crippen molar-refractivity contribution in [2.24, 2.45) is 5.92 Å². The van der Waals surface area contributed by atoms with Crippen LogP contribution in [0.4, 0.5) is 5.69 Å². The predicted octanol–water partition coefficient (Wildman–Crippen LogP) is 10.0. The fourth-order valence-corrected chi connectivity index (χ4v) is 9.86. The lowest BCUT2D eigenvalue weighted by atomic mass is 9.25. The minimum atomic E-state index is 0.411. The van der Waals surface area contributed by atoms with Crippen LogP contribution < -0.4 is 4.90 Å². The average Bonchev–Trinajstić information content (AvgIpc) is 3.12. The quantitative estimate of drug-likeness (QED) is 0.255. The molecule has 1 saturated heterocycles. The highest BCUT2D eigenvalue weighted by molar-refractivity contribution is 6.77. The van der Waals surface area contributed by atoms with Gasteiger partial charge in [0.25, 0.3) is 0 Å². The van der Waals surface area contributed by atoms with E-state index in [4.69, 9.17) is 0 Å². The van der Waals surface area contributed by atoms with Crippen molar-refractivity contribution in [2.45, 2.75) is 94.6 Å². The van der Waals surface area contributed by atoms with E-state index < -0.39 is 0 Å². The maximum atomic E-state index is 2.87. The zero-order valence-electron chi connectivity index (χ0n) is 26.5. The normalized spacial score (nSPS) is 31.6. The minimum absolute atomic E-state index is 0.411. The van der Waals surface area contributed by atoms with Crippen LogP contribution in [0, 0.1) is 5.92 Å². The molecule has 0 spiro atoms. The largest absolute Gasteiger partial charge is 0.359 e. The Morgan fingerprint density at radius 3 is 2.51 bits per heavy atom. The summed E-state index contributed by atoms with van der Waals surface area (Å²) in [5.74, 6) is 1.18. The van der Waals surface area contributed by atoms with Crippen LogP contribution in [0.3, 0.4) is 0 Å². The summed E-state index contributed by atoms with van der Waals surface area (Å²) in [7, 11) is 0. The number of hydrogen-bond donors (Lipinski definition) is 0. The Kier molecular flexibility index (Phi) is 7.10. The molecule has 5 unspecified atom stereocenters. The summed E-state index contributed by atoms with van der Waals surface area (Å²) < 4.78 is 0. The molecule has 0 radical (unpaired) electrons. The van der Waals surface area contributed by atoms with Gasteiger partial charge in [-0.25, -0.2) is 0 Å². The molecule has 5 atom stereocenters. The summed E-state index contributed by atoms with van der Waals surface area (Å²) in [4.78, 5) is 5.69. The van der Waals surface area contributed by atoms with Crippen LogP contribution in [0.5, 0.6) is 0 Å². The molecule has 45 heavy (non-hydrogen) atoms. The minimum Gasteiger partial charge on any atom is -0.359 e. The molecule has 0 N–H and O–H groups in total. The number of anilines is 1. The Labute approximate surface area is 270 Å². The predicted molar refractivity (Wildman–Crippen MR) is 191 cm³/mol. The highest BCUT2D eigenvalue weighted by Crippen LogP contribution is 2.55. The first-order chi connectivity index (χ1) is 22.3. The van der Waals surface area contributed by atoms with Crippen molar-refractivity contribution in [2.75, 3.05) is 4.90 Å². The Bertz CT molecular complexity index is 1670. The average molecular weight is 589 g/mol. The van der Waals surface area contributed by atoms with Crippen LogP contribution in [0.1, 0.15) is 76.2 Å². The summed E-state index contributed by atoms with van der Waals surface area (Å²) in [6.45, 7) is 0.564. The Hall–Kier alpha value is -3.72. The molecule has 226 valence electrons. The van der Waals surface area contributed by atoms with Crippen molar-refractivity contribution in [1.82, 2.24) is 4.90 Å². The Morgan fingerprint density at radius 1 is 0.733 bits per heavy atom. The van der Waals surface area contributed by atoms with Crippen LogP contribution in [0.2, 0.25) is 5.82 Å². The molecule has 0 aromatic heterocycles. The number of nitrogens with zero attached hydrogens (tertiary/aromatic N) is 2. The second-order valence-corrected chi connectivity index (χ2v) is 14.3. The molecule has 1 fully saturated rings. The number of hydrogen-bond acceptors (Lipinski definition) is 2. The summed E-state index contributed by atoms with van der Waals surface area (Å²) in [5.41, 5.74) is 12.2. The molecule has 2 heterocycles. The molecule has 0 amide bonds. The lowest BCUT2D eigenvalue weighted by Crippen LogP contribution is -2.60. The standard InChI is InChI=1S/C42H45BN2/c1-3-12-30(13-4-1)32-22-26-34(27-23-32)44-38-18-9-7-16-36(38)43-37-17-8-10-19-39(37)45(41-21-11-20-40(44)42(41)43)35-28-24-33(25-29-35)31-14-5-2-6-15-31/h1,3-5,9,12,14-15,17-18,20,22-26,28-30,34,36,38-39H,2,6-8,10-11,13,16,19,21,27H2. The zero-order chi connectivity index (χ0) is 29.7. The molecule has 6 aliphatic carbocycles. The molecular weight excluding hydrogens is 543 g/mol. The van der Waals surface area contributed by atoms with E-state index in [9.17, 15) is 0 Å². The lowest BCUT2D eigenvalue weighted by Gasteiger charge is -2.58. The molecule has 1 aromatic carbocycles. The molecule has 2 nitrogen and oxygen atoms in total. The molecule has 0 saturated carbocycles. The van der Waals surface area contributed by atoms with Crippen molar-refractivity contribution >= 4 is 18.0 Å². The summed E-state index contributed by atoms with van der Waals surface area (Å²) in [5, 5.41) is 0. The Morgan fingerprint density at radius 2 is 1.69 bits per heavy atom. The molecule has 0 bridgehead atoms. The third-order valence-electron chi connectivity index (χ3n) is 11.8. The maximum Gasteiger partial charge on any atom is 0.217 e. The number of benzene rings is 1. The van der Waals surface area contributed by atoms with Gasteiger partial charge in [0, 0.05) is 35.1 Å². The molecule has 9 rings (SSSR count). The first-order valence-electron chi connectivity index (χ1n) is 17.9. The van der Waals surface area contributed by atoms with E-state index in [0.717, 1.165) is 32.1 Å². The van der Waals surface area contributed by atoms with E-state index in [0.29, 0.717) is 36.6 Å². The second kappa shape index (κ2) is 11.6. The molecule has 2 aliphatic heterocycles. The van der Waals surface area contributed by atoms with Gasteiger partial charge in [-0.15, -0.1) is 0 Å². The van der Waals surface area contributed by atoms with Gasteiger partial charge in [-0.05, 0) is 104 Å². The highest BCUT2D eigenvalue weighted by atomic mass is 15.2. The van der Waals surface area contributed by atoms with Gasteiger partial charge in [-0.2, -0.15) is 0 Å². The summed E-state index contributed by atoms with van der Waals surface area (Å²) in [6.07, 6.45) is 47.2. The van der Waals surface area contributed by atoms with Crippen LogP contribution in [-0.4, -0.2) is 29.7 Å². The van der Waals surface area contributed by atoms with Gasteiger partial charge in [0.15, 0.2) is 0 Å². The van der Waals surface area contributed by atoms with E-state index in [1.807, 2.05) is 0 Å². The van der Waals surface area contributed by atoms with Crippen LogP contribution in [-0.2, 0) is 0 Å². The first kappa shape index (κ1) is 27.6. The molecule has 3 heteroatoms. The number of fused-ring (bicyclic) bond motifs is 4. The van der Waals surface area contributed by atoms with Crippen LogP contribution in [0.15, 0.2) is 137 Å². The molecule has 8 aliphatic rings. The smallest absolute Gasteiger partial charge is 0.217 e. The van der Waals surface area contributed by atoms with Crippen LogP contribution >= 0.6 is 0 Å². The van der Waals surface area contributed by atoms with E-state index in [1.54, 1.807) is 22.3 Å². The number of allylic oxidation sites excluding steroid dienone is 15. The fourth-order valence-electron chi connectivity index (χ4n) is 9.86. The number of rotatable bonds is 4. The highest BCUT2D eigenvalue weighted by Gasteiger charge is 2.54. The topological polar surface area (TPSA) is 6.48 Å². The fraction of sp³-hybridized carbons (Fsp3) is 0.381. The zero-order valence-corrected chi connectivity index (χ0v) is 26.5. The van der Waals surface area contributed by atoms with Gasteiger partial charge >= 0.3 is 0 Å². The van der Waals surface area contributed by atoms with Gasteiger partial charge in [0.05, 0.1) is 6.04 Å². The Balaban J connectivity index is 1.12. The third-order valence-corrected chi connectivity index (χ3v) is 11.8. The molecule has 1 aromatic rings. The van der Waals surface area contributed by atoms with Crippen molar-refractivity contribution in [3.05, 3.63) is 143 Å². The van der Waals surface area contributed by atoms with Gasteiger partial charge < -0.3 is 9.80 Å². The van der Waals surface area contributed by atoms with E-state index in [-0.39, 0.29) is 0 Å². The van der Waals surface area contributed by atoms with Gasteiger partial charge in [-0.3, -0.25) is 0 Å². The lowest BCUT2D eigenvalue weighted by molar-refractivity contribution is 0.222. The monoisotopic (exact) mass is 588 g/mol. The summed E-state index contributed by atoms with van der Waals surface area (Å²) in [6, 6.07) is 11.0. The van der Waals surface area contributed by atoms with Crippen molar-refractivity contribution in [1.29, 1.82) is 0 Å². The van der Waals surface area contributed by atoms with Gasteiger partial charge in [0.2, 0.25) is 6.71 Å². The van der Waals surface area contributed by atoms with Crippen LogP contribution in [0.25, 0.3) is 5.57 Å². The molecular formula is C42H45BN2. The third kappa shape index (κ3) is 4.68. The maximum absolute atomic E-state index is 2.87. The second-order valence-electron chi connectivity index (χ2n) is 14.3. The van der Waals surface area contributed by atoms with Gasteiger partial charge in [0.1, 0.15) is 0 Å². The van der Waals surface area contributed by atoms with E-state index >= 15 is 0 Å². The first-order valence-corrected chi connectivity index (χ1v) is 17.9. The SMILES string of the molecule is C1=CCC(C2=CCC(N3C4=CCCC5=C4B(C4=CCCCC4N5c4ccc(C5=CCCC=C5)cc4)C4CCC=CC43)C=C2)C=C1. The van der Waals surface area contributed by atoms with E-state index in [1.165, 1.54) is 60.9 Å². The van der Waals surface area contributed by atoms with E-state index in [2.05, 4.69) is 119 Å². The summed E-state index contributed by atoms with van der Waals surface area (Å²) >= 11 is 0.